The van der Waals surface area contributed by atoms with E-state index in [4.69, 9.17) is 14.2 Å². The molecule has 1 aliphatic carbocycles. The van der Waals surface area contributed by atoms with Crippen LogP contribution in [-0.4, -0.2) is 84.2 Å². The second-order valence-electron chi connectivity index (χ2n) is 9.56. The van der Waals surface area contributed by atoms with Gasteiger partial charge in [-0.25, -0.2) is 0 Å². The van der Waals surface area contributed by atoms with Gasteiger partial charge in [-0.15, -0.1) is 0 Å². The molecule has 0 aromatic heterocycles. The lowest BCUT2D eigenvalue weighted by Gasteiger charge is -2.40. The molecule has 0 saturated carbocycles. The lowest BCUT2D eigenvalue weighted by atomic mass is 9.77. The molecule has 0 fully saturated rings. The quantitative estimate of drug-likeness (QED) is 0.335. The van der Waals surface area contributed by atoms with E-state index in [1.165, 1.54) is 7.11 Å². The average Bonchev–Trinajstić information content (AvgIpc) is 3.36. The van der Waals surface area contributed by atoms with Crippen LogP contribution in [0.25, 0.3) is 0 Å². The normalized spacial score (nSPS) is 21.2. The first kappa shape index (κ1) is 28.4. The first-order valence-electron chi connectivity index (χ1n) is 13.1. The third kappa shape index (κ3) is 5.73. The Bertz CT molecular complexity index is 1230. The maximum Gasteiger partial charge on any atom is 0.247 e. The summed E-state index contributed by atoms with van der Waals surface area (Å²) in [6.07, 6.45) is 0.323. The highest BCUT2D eigenvalue weighted by Gasteiger charge is 2.51. The number of nitrogens with one attached hydrogen (secondary N) is 1. The molecule has 2 aromatic rings. The van der Waals surface area contributed by atoms with Crippen LogP contribution in [0, 0.1) is 0 Å². The van der Waals surface area contributed by atoms with E-state index in [1.807, 2.05) is 24.3 Å². The lowest BCUT2D eigenvalue weighted by molar-refractivity contribution is -0.136. The number of aliphatic hydroxyl groups is 3. The highest BCUT2D eigenvalue weighted by molar-refractivity contribution is 5.96. The predicted molar refractivity (Wildman–Crippen MR) is 143 cm³/mol. The Morgan fingerprint density at radius 2 is 1.90 bits per heavy atom. The first-order valence-corrected chi connectivity index (χ1v) is 13.1. The van der Waals surface area contributed by atoms with Crippen molar-refractivity contribution in [2.24, 2.45) is 0 Å². The van der Waals surface area contributed by atoms with Gasteiger partial charge in [0.2, 0.25) is 11.8 Å². The van der Waals surface area contributed by atoms with Crippen LogP contribution < -0.4 is 19.5 Å². The maximum atomic E-state index is 13.4. The minimum Gasteiger partial charge on any atom is -0.497 e. The van der Waals surface area contributed by atoms with Crippen molar-refractivity contribution in [1.29, 1.82) is 0 Å². The molecule has 0 bridgehead atoms. The van der Waals surface area contributed by atoms with Gasteiger partial charge >= 0.3 is 0 Å². The molecule has 4 unspecified atom stereocenters. The number of ether oxygens (including phenoxy) is 3. The zero-order chi connectivity index (χ0) is 28.1. The molecule has 4 rings (SSSR count). The second-order valence-corrected chi connectivity index (χ2v) is 9.56. The Kier molecular flexibility index (Phi) is 9.11. The Morgan fingerprint density at radius 1 is 1.10 bits per heavy atom. The predicted octanol–water partition coefficient (Wildman–Crippen LogP) is 1.30. The number of rotatable bonds is 11. The zero-order valence-corrected chi connectivity index (χ0v) is 22.4. The Balaban J connectivity index is 1.74. The molecule has 39 heavy (non-hydrogen) atoms. The molecule has 10 nitrogen and oxygen atoms in total. The molecule has 4 N–H and O–H groups in total. The maximum absolute atomic E-state index is 13.4. The molecule has 0 radical (unpaired) electrons. The monoisotopic (exact) mass is 540 g/mol. The first-order chi connectivity index (χ1) is 18.9. The van der Waals surface area contributed by atoms with E-state index >= 15 is 0 Å². The van der Waals surface area contributed by atoms with E-state index in [0.29, 0.717) is 46.9 Å². The highest BCUT2D eigenvalue weighted by Crippen LogP contribution is 2.51. The van der Waals surface area contributed by atoms with Gasteiger partial charge < -0.3 is 39.7 Å². The van der Waals surface area contributed by atoms with Crippen molar-refractivity contribution in [2.75, 3.05) is 33.9 Å². The third-order valence-electron chi connectivity index (χ3n) is 7.25. The number of carbonyl (C=O) groups is 2. The molecule has 4 atom stereocenters. The molecule has 2 aliphatic rings. The molecule has 0 saturated heterocycles. The van der Waals surface area contributed by atoms with Crippen LogP contribution in [0.4, 0.5) is 0 Å². The van der Waals surface area contributed by atoms with Gasteiger partial charge in [0.1, 0.15) is 18.0 Å². The molecule has 1 heterocycles. The van der Waals surface area contributed by atoms with Crippen molar-refractivity contribution >= 4 is 11.8 Å². The molecule has 0 spiro atoms. The van der Waals surface area contributed by atoms with Crippen LogP contribution in [0.15, 0.2) is 48.0 Å². The van der Waals surface area contributed by atoms with E-state index in [9.17, 15) is 24.9 Å². The summed E-state index contributed by atoms with van der Waals surface area (Å²) in [5.41, 5.74) is 2.45. The van der Waals surface area contributed by atoms with Crippen LogP contribution in [0.3, 0.4) is 0 Å². The summed E-state index contributed by atoms with van der Waals surface area (Å²) < 4.78 is 17.0. The van der Waals surface area contributed by atoms with E-state index in [-0.39, 0.29) is 32.1 Å². The molecule has 1 aliphatic heterocycles. The number of fused-ring (bicyclic) bond motifs is 3. The fourth-order valence-corrected chi connectivity index (χ4v) is 5.34. The van der Waals surface area contributed by atoms with E-state index in [0.717, 1.165) is 5.56 Å². The second kappa shape index (κ2) is 12.5. The molecule has 210 valence electrons. The van der Waals surface area contributed by atoms with Crippen molar-refractivity contribution in [1.82, 2.24) is 10.2 Å². The number of carbonyl (C=O) groups excluding carboxylic acids is 2. The molecule has 2 aromatic carbocycles. The number of nitrogens with zero attached hydrogens (tertiary/aromatic N) is 1. The number of hydrogen-bond donors (Lipinski definition) is 4. The molecule has 10 heteroatoms. The van der Waals surface area contributed by atoms with E-state index in [2.05, 4.69) is 5.32 Å². The number of amides is 2. The Labute approximate surface area is 227 Å². The van der Waals surface area contributed by atoms with Gasteiger partial charge in [0.25, 0.3) is 0 Å². The van der Waals surface area contributed by atoms with E-state index in [1.54, 1.807) is 37.1 Å². The molecule has 2 amide bonds. The number of hydrogen-bond acceptors (Lipinski definition) is 8. The van der Waals surface area contributed by atoms with E-state index < -0.39 is 30.1 Å². The van der Waals surface area contributed by atoms with Crippen molar-refractivity contribution in [2.45, 2.75) is 50.5 Å². The van der Waals surface area contributed by atoms with Gasteiger partial charge in [-0.05, 0) is 47.9 Å². The van der Waals surface area contributed by atoms with Crippen LogP contribution in [-0.2, 0) is 22.6 Å². The number of benzene rings is 2. The summed E-state index contributed by atoms with van der Waals surface area (Å²) >= 11 is 0. The Hall–Kier alpha value is -3.60. The van der Waals surface area contributed by atoms with Crippen LogP contribution in [0.1, 0.15) is 36.0 Å². The average molecular weight is 541 g/mol. The lowest BCUT2D eigenvalue weighted by Crippen LogP contribution is -2.56. The Morgan fingerprint density at radius 3 is 2.56 bits per heavy atom. The van der Waals surface area contributed by atoms with Gasteiger partial charge in [-0.1, -0.05) is 19.1 Å². The summed E-state index contributed by atoms with van der Waals surface area (Å²) in [6, 6.07) is 10.1. The van der Waals surface area contributed by atoms with Crippen molar-refractivity contribution in [3.8, 4) is 17.2 Å². The van der Waals surface area contributed by atoms with Crippen LogP contribution in [0.5, 0.6) is 17.2 Å². The third-order valence-corrected chi connectivity index (χ3v) is 7.25. The fourth-order valence-electron chi connectivity index (χ4n) is 5.34. The zero-order valence-electron chi connectivity index (χ0n) is 22.4. The minimum atomic E-state index is -1.15. The standard InChI is InChI=1S/C29H36N2O8/c1-4-24(34)31(10-8-17-6-5-7-19(12-17)37-2)22-15-21(29(36)30-9-11-32)25-20-13-18(16-33)14-23(38-3)27(20)39-28(25)26(22)35/h5-7,12-15,22,25-26,28,32-33,35H,4,8-11,16H2,1-3H3,(H,30,36). The summed E-state index contributed by atoms with van der Waals surface area (Å²) in [5, 5.41) is 33.4. The van der Waals surface area contributed by atoms with Crippen molar-refractivity contribution in [3.63, 3.8) is 0 Å². The summed E-state index contributed by atoms with van der Waals surface area (Å²) in [6.45, 7) is 1.61. The fraction of sp³-hybridized carbons (Fsp3) is 0.448. The minimum absolute atomic E-state index is 0.0436. The number of methoxy groups -OCH3 is 2. The SMILES string of the molecule is CCC(=O)N(CCc1cccc(OC)c1)C1C=C(C(=O)NCCO)C2c3cc(CO)cc(OC)c3OC2C1O. The van der Waals surface area contributed by atoms with Crippen LogP contribution in [0.2, 0.25) is 0 Å². The van der Waals surface area contributed by atoms with Gasteiger partial charge in [0.15, 0.2) is 11.5 Å². The highest BCUT2D eigenvalue weighted by atomic mass is 16.5. The number of aliphatic hydroxyl groups excluding tert-OH is 3. The van der Waals surface area contributed by atoms with Crippen molar-refractivity contribution < 1.29 is 39.1 Å². The van der Waals surface area contributed by atoms with Crippen LogP contribution >= 0.6 is 0 Å². The molecular formula is C29H36N2O8. The summed E-state index contributed by atoms with van der Waals surface area (Å²) in [5.74, 6) is 0.194. The van der Waals surface area contributed by atoms with Gasteiger partial charge in [0.05, 0.1) is 39.4 Å². The topological polar surface area (TPSA) is 138 Å². The van der Waals surface area contributed by atoms with Gasteiger partial charge in [-0.2, -0.15) is 0 Å². The largest absolute Gasteiger partial charge is 0.497 e. The van der Waals surface area contributed by atoms with Crippen molar-refractivity contribution in [3.05, 3.63) is 64.7 Å². The molecular weight excluding hydrogens is 504 g/mol. The van der Waals surface area contributed by atoms with Gasteiger partial charge in [-0.3, -0.25) is 9.59 Å². The smallest absolute Gasteiger partial charge is 0.247 e. The van der Waals surface area contributed by atoms with Gasteiger partial charge in [0, 0.05) is 30.6 Å². The summed E-state index contributed by atoms with van der Waals surface area (Å²) in [4.78, 5) is 28.1. The summed E-state index contributed by atoms with van der Waals surface area (Å²) in [7, 11) is 3.07.